The molecule has 4 aromatic rings. The number of piperidine rings is 1. The lowest BCUT2D eigenvalue weighted by Crippen LogP contribution is -2.87. The van der Waals surface area contributed by atoms with Gasteiger partial charge in [-0.2, -0.15) is 0 Å². The Morgan fingerprint density at radius 2 is 1.57 bits per heavy atom. The number of carbonyl (C=O) groups excluding carboxylic acids is 1. The third kappa shape index (κ3) is 7.00. The van der Waals surface area contributed by atoms with Crippen LogP contribution in [0, 0.1) is 87.3 Å². The number of nitrogens with one attached hydrogen (secondary N) is 1. The first-order valence-corrected chi connectivity index (χ1v) is 38.1. The van der Waals surface area contributed by atoms with Crippen LogP contribution in [0.4, 0.5) is 0 Å². The molecule has 21 atom stereocenters. The summed E-state index contributed by atoms with van der Waals surface area (Å²) in [5.74, 6) is 12.2. The second-order valence-corrected chi connectivity index (χ2v) is 35.2. The Morgan fingerprint density at radius 1 is 0.753 bits per heavy atom. The SMILES string of the molecule is COc1cc(C2CC(=O)C3C4C=CC56C#CCC7NC89CCC3(O)C(C7C#CC2Cc2ccccc2)C82c3cc(O)c(O)cc3C3CC2C27CC38CCCC8C=C2C2CC(O)C(=CC2=CC7C9)C2(CCCCC2)c2cc4c5c(c2)C2(CCCC23CCCC3)CC6O)c(CO)cc1O. The van der Waals surface area contributed by atoms with Crippen LogP contribution in [0.2, 0.25) is 0 Å². The number of rotatable bonds is 5. The van der Waals surface area contributed by atoms with Gasteiger partial charge >= 0.3 is 0 Å². The molecule has 8 N–H and O–H groups in total. The molecule has 18 aliphatic carbocycles. The van der Waals surface area contributed by atoms with Crippen molar-refractivity contribution in [3.8, 4) is 46.7 Å². The fourth-order valence-electron chi connectivity index (χ4n) is 29.4. The minimum atomic E-state index is -1.78. The molecule has 0 amide bonds. The molecule has 1 saturated heterocycles. The molecule has 7 saturated carbocycles. The quantitative estimate of drug-likeness (QED) is 0.0545. The summed E-state index contributed by atoms with van der Waals surface area (Å²) >= 11 is 0. The van der Waals surface area contributed by atoms with Crippen molar-refractivity contribution in [3.05, 3.63) is 164 Å². The van der Waals surface area contributed by atoms with E-state index in [2.05, 4.69) is 90.5 Å². The Hall–Kier alpha value is -6.37. The molecular weight excluding hydrogens is 1200 g/mol. The number of allylic oxidation sites excluding steroid dienone is 6. The number of aliphatic hydroxyl groups excluding tert-OH is 3. The number of Topliss-reactive ketones (excluding diaryl/α,β-unsaturated/α-hetero) is 1. The molecule has 10 nitrogen and oxygen atoms in total. The van der Waals surface area contributed by atoms with Crippen LogP contribution in [0.1, 0.15) is 222 Å². The van der Waals surface area contributed by atoms with Crippen LogP contribution < -0.4 is 10.1 Å². The maximum Gasteiger partial charge on any atom is 0.160 e. The number of phenolic OH excluding ortho intramolecular Hbond substituents is 3. The van der Waals surface area contributed by atoms with E-state index in [0.717, 1.165) is 149 Å². The normalized spacial score (nSPS) is 44.1. The molecule has 19 aliphatic rings. The van der Waals surface area contributed by atoms with Crippen molar-refractivity contribution in [2.45, 2.75) is 236 Å². The highest BCUT2D eigenvalue weighted by atomic mass is 16.5. The van der Waals surface area contributed by atoms with Crippen molar-refractivity contribution >= 4 is 5.78 Å². The first-order valence-electron chi connectivity index (χ1n) is 38.1. The average molecular weight is 1300 g/mol. The van der Waals surface area contributed by atoms with E-state index in [1.165, 1.54) is 29.4 Å². The lowest BCUT2D eigenvalue weighted by Gasteiger charge is -2.82. The maximum absolute atomic E-state index is 18.3. The zero-order valence-corrected chi connectivity index (χ0v) is 56.2. The third-order valence-electron chi connectivity index (χ3n) is 32.6. The highest BCUT2D eigenvalue weighted by Crippen LogP contribution is 2.86. The van der Waals surface area contributed by atoms with Crippen molar-refractivity contribution in [2.75, 3.05) is 7.11 Å². The van der Waals surface area contributed by atoms with Gasteiger partial charge in [0.05, 0.1) is 37.4 Å². The average Bonchev–Trinajstić information content (AvgIpc) is 1.11. The zero-order valence-electron chi connectivity index (χ0n) is 56.2. The van der Waals surface area contributed by atoms with E-state index < -0.39 is 93.2 Å². The lowest BCUT2D eigenvalue weighted by atomic mass is 9.23. The largest absolute Gasteiger partial charge is 0.504 e. The summed E-state index contributed by atoms with van der Waals surface area (Å²) in [6.45, 7) is -0.399. The summed E-state index contributed by atoms with van der Waals surface area (Å²) in [6.07, 6.45) is 32.3. The number of aliphatic hydroxyl groups is 4. The predicted molar refractivity (Wildman–Crippen MR) is 368 cm³/mol. The molecule has 500 valence electrons. The van der Waals surface area contributed by atoms with E-state index in [4.69, 9.17) is 10.1 Å². The van der Waals surface area contributed by atoms with E-state index in [0.29, 0.717) is 55.6 Å². The first-order chi connectivity index (χ1) is 47.0. The van der Waals surface area contributed by atoms with Gasteiger partial charge in [0.15, 0.2) is 23.0 Å². The van der Waals surface area contributed by atoms with Crippen LogP contribution >= 0.6 is 0 Å². The molecule has 1 aliphatic heterocycles. The fourth-order valence-corrected chi connectivity index (χ4v) is 29.4. The van der Waals surface area contributed by atoms with Crippen LogP contribution in [0.15, 0.2) is 114 Å². The second kappa shape index (κ2) is 19.8. The molecule has 97 heavy (non-hydrogen) atoms. The number of hydrogen-bond donors (Lipinski definition) is 8. The number of fused-ring (bicyclic) bond motifs is 7. The number of benzene rings is 4. The van der Waals surface area contributed by atoms with Crippen molar-refractivity contribution in [2.24, 2.45) is 63.6 Å². The highest BCUT2D eigenvalue weighted by Gasteiger charge is 2.85. The van der Waals surface area contributed by atoms with E-state index in [1.807, 2.05) is 24.3 Å². The van der Waals surface area contributed by atoms with E-state index in [1.54, 1.807) is 6.07 Å². The summed E-state index contributed by atoms with van der Waals surface area (Å²) in [5.41, 5.74) is 6.80. The maximum atomic E-state index is 18.3. The summed E-state index contributed by atoms with van der Waals surface area (Å²) in [5, 5.41) is 97.1. The van der Waals surface area contributed by atoms with Gasteiger partial charge in [-0.15, -0.1) is 5.92 Å². The Bertz CT molecular complexity index is 4420. The van der Waals surface area contributed by atoms with E-state index in [-0.39, 0.29) is 75.1 Å². The Kier molecular flexibility index (Phi) is 12.1. The molecule has 4 aromatic carbocycles. The summed E-state index contributed by atoms with van der Waals surface area (Å²) in [6, 6.07) is 22.4. The van der Waals surface area contributed by atoms with Gasteiger partial charge in [-0.3, -0.25) is 4.79 Å². The van der Waals surface area contributed by atoms with Gasteiger partial charge in [0.1, 0.15) is 11.2 Å². The van der Waals surface area contributed by atoms with Gasteiger partial charge in [-0.25, -0.2) is 0 Å². The molecule has 8 spiro atoms. The van der Waals surface area contributed by atoms with Gasteiger partial charge in [0, 0.05) is 81.6 Å². The van der Waals surface area contributed by atoms with Crippen LogP contribution in [-0.2, 0) is 39.5 Å². The monoisotopic (exact) mass is 1300 g/mol. The summed E-state index contributed by atoms with van der Waals surface area (Å²) in [4.78, 5) is 18.3. The van der Waals surface area contributed by atoms with Crippen molar-refractivity contribution in [3.63, 3.8) is 0 Å². The lowest BCUT2D eigenvalue weighted by molar-refractivity contribution is -0.262. The molecule has 23 rings (SSSR count). The molecule has 0 aromatic heterocycles. The molecule has 1 heterocycles. The first kappa shape index (κ1) is 59.5. The van der Waals surface area contributed by atoms with Crippen LogP contribution in [0.5, 0.6) is 23.0 Å². The standard InChI is InChI=1S/C87H93NO9/c1-97-73-41-58(51(46-89)34-71(73)93)57-38-72(94)77-55-19-28-81-25-11-16-67-56(18-17-49(57)31-48-13-4-2-5-14-48)78-86(77,96)30-29-84(88-67)44-54-32-50-33-65(80(23-6-3-7-24-80)53-35-60(55)76(81)66(37-53)83(45-75(81)95)27-12-22-79(83)20-8-9-21-79)68(90)39-59(50)63-36-52-15-10-26-82(52)47-85(54,63)74-43-62(82)61-40-69(91)70(92)42-64(61)87(74,78)84/h2,4-5,13-14,19,28,32-37,40-42,49,52,54-57,59,62,67-68,74-75,77-78,88-93,95-96H,3,6-10,12,15-16,20-24,26-27,29-31,38-39,43-47H2,1H3. The summed E-state index contributed by atoms with van der Waals surface area (Å²) in [7, 11) is 1.54. The minimum absolute atomic E-state index is 0.0119. The van der Waals surface area contributed by atoms with Gasteiger partial charge in [-0.1, -0.05) is 141 Å². The van der Waals surface area contributed by atoms with Gasteiger partial charge < -0.3 is 45.8 Å². The number of ether oxygens (including phenoxy) is 1. The Balaban J connectivity index is 0.944. The van der Waals surface area contributed by atoms with E-state index >= 15 is 9.90 Å². The number of phenols is 3. The second-order valence-electron chi connectivity index (χ2n) is 35.2. The van der Waals surface area contributed by atoms with Gasteiger partial charge in [0.2, 0.25) is 0 Å². The molecular formula is C87H93NO9. The molecule has 19 bridgehead atoms. The van der Waals surface area contributed by atoms with Crippen LogP contribution in [-0.4, -0.2) is 78.0 Å². The van der Waals surface area contributed by atoms with Crippen LogP contribution in [0.25, 0.3) is 0 Å². The highest BCUT2D eigenvalue weighted by molar-refractivity contribution is 5.86. The number of methoxy groups -OCH3 is 1. The van der Waals surface area contributed by atoms with E-state index in [9.17, 15) is 30.6 Å². The predicted octanol–water partition coefficient (Wildman–Crippen LogP) is 13.7. The smallest absolute Gasteiger partial charge is 0.160 e. The molecule has 8 fully saturated rings. The molecule has 10 heteroatoms. The fraction of sp³-hybridized carbons (Fsp3) is 0.575. The number of ketones is 1. The topological polar surface area (TPSA) is 180 Å². The third-order valence-corrected chi connectivity index (χ3v) is 32.6. The number of carbonyl (C=O) groups is 1. The number of aromatic hydroxyl groups is 3. The van der Waals surface area contributed by atoms with Gasteiger partial charge in [-0.05, 0) is 223 Å². The van der Waals surface area contributed by atoms with Crippen molar-refractivity contribution < 1.29 is 45.3 Å². The Labute approximate surface area is 570 Å². The molecule has 21 unspecified atom stereocenters. The number of hydrogen-bond acceptors (Lipinski definition) is 10. The van der Waals surface area contributed by atoms with Gasteiger partial charge in [0.25, 0.3) is 0 Å². The molecule has 0 radical (unpaired) electrons. The minimum Gasteiger partial charge on any atom is -0.504 e. The zero-order chi connectivity index (χ0) is 65.3. The Morgan fingerprint density at radius 3 is 2.39 bits per heavy atom. The van der Waals surface area contributed by atoms with Crippen molar-refractivity contribution in [1.29, 1.82) is 0 Å². The summed E-state index contributed by atoms with van der Waals surface area (Å²) < 4.78 is 5.95. The van der Waals surface area contributed by atoms with Crippen molar-refractivity contribution in [1.82, 2.24) is 5.32 Å². The van der Waals surface area contributed by atoms with Crippen LogP contribution in [0.3, 0.4) is 0 Å².